The molecule has 0 radical (unpaired) electrons. The van der Waals surface area contributed by atoms with Gasteiger partial charge in [0.15, 0.2) is 0 Å². The Labute approximate surface area is 181 Å². The fourth-order valence-electron chi connectivity index (χ4n) is 3.46. The highest BCUT2D eigenvalue weighted by Gasteiger charge is 2.16. The maximum atomic E-state index is 13.0. The van der Waals surface area contributed by atoms with E-state index in [0.717, 1.165) is 22.0 Å². The first kappa shape index (κ1) is 20.2. The Hall–Kier alpha value is -4.12. The second-order valence-electron chi connectivity index (χ2n) is 7.26. The second-order valence-corrected chi connectivity index (χ2v) is 7.26. The van der Waals surface area contributed by atoms with Crippen LogP contribution in [0.25, 0.3) is 17.0 Å². The van der Waals surface area contributed by atoms with Crippen LogP contribution in [0.3, 0.4) is 0 Å². The molecule has 0 aliphatic rings. The average molecular weight is 409 g/mol. The summed E-state index contributed by atoms with van der Waals surface area (Å²) in [6.45, 7) is 0.369. The van der Waals surface area contributed by atoms with Crippen molar-refractivity contribution in [3.8, 4) is 0 Å². The molecule has 1 heterocycles. The molecule has 5 heteroatoms. The summed E-state index contributed by atoms with van der Waals surface area (Å²) in [5.74, 6) is -0.678. The molecule has 0 atom stereocenters. The van der Waals surface area contributed by atoms with E-state index in [0.29, 0.717) is 12.1 Å². The lowest BCUT2D eigenvalue weighted by molar-refractivity contribution is -0.117. The van der Waals surface area contributed by atoms with Crippen LogP contribution in [0.5, 0.6) is 0 Å². The van der Waals surface area contributed by atoms with Crippen LogP contribution in [0.4, 0.5) is 0 Å². The Morgan fingerprint density at radius 1 is 0.871 bits per heavy atom. The van der Waals surface area contributed by atoms with Gasteiger partial charge in [0.2, 0.25) is 0 Å². The van der Waals surface area contributed by atoms with Crippen molar-refractivity contribution in [2.24, 2.45) is 7.05 Å². The number of hydrogen-bond donors (Lipinski definition) is 2. The molecule has 4 aromatic rings. The zero-order valence-corrected chi connectivity index (χ0v) is 17.2. The van der Waals surface area contributed by atoms with E-state index in [2.05, 4.69) is 10.6 Å². The normalized spacial score (nSPS) is 11.3. The van der Waals surface area contributed by atoms with Gasteiger partial charge in [0.25, 0.3) is 11.8 Å². The van der Waals surface area contributed by atoms with E-state index in [1.807, 2.05) is 78.5 Å². The first-order valence-electron chi connectivity index (χ1n) is 10.1. The quantitative estimate of drug-likeness (QED) is 0.467. The van der Waals surface area contributed by atoms with Crippen molar-refractivity contribution >= 4 is 28.8 Å². The molecule has 0 spiro atoms. The van der Waals surface area contributed by atoms with Gasteiger partial charge in [-0.05, 0) is 29.8 Å². The molecule has 0 saturated heterocycles. The van der Waals surface area contributed by atoms with Crippen molar-refractivity contribution in [1.82, 2.24) is 15.2 Å². The lowest BCUT2D eigenvalue weighted by atomic mass is 10.1. The fraction of sp³-hybridized carbons (Fsp3) is 0.0769. The number of carbonyl (C=O) groups excluding carboxylic acids is 2. The van der Waals surface area contributed by atoms with Crippen LogP contribution in [0, 0.1) is 0 Å². The summed E-state index contributed by atoms with van der Waals surface area (Å²) in [6, 6.07) is 26.5. The predicted octanol–water partition coefficient (Wildman–Crippen LogP) is 4.27. The standard InChI is InChI=1S/C26H23N3O2/c1-29-18-21(22-14-8-9-15-24(22)29)16-23(28-25(30)20-12-6-3-7-13-20)26(31)27-17-19-10-4-2-5-11-19/h2-16,18H,17H2,1H3,(H,27,31)(H,28,30)/b23-16-. The molecule has 0 fully saturated rings. The monoisotopic (exact) mass is 409 g/mol. The van der Waals surface area contributed by atoms with E-state index in [9.17, 15) is 9.59 Å². The van der Waals surface area contributed by atoms with Gasteiger partial charge in [-0.25, -0.2) is 0 Å². The molecule has 2 amide bonds. The predicted molar refractivity (Wildman–Crippen MR) is 123 cm³/mol. The van der Waals surface area contributed by atoms with Gasteiger partial charge in [0.05, 0.1) is 0 Å². The van der Waals surface area contributed by atoms with E-state index in [1.165, 1.54) is 0 Å². The van der Waals surface area contributed by atoms with Gasteiger partial charge in [0.1, 0.15) is 5.70 Å². The minimum atomic E-state index is -0.346. The molecule has 3 aromatic carbocycles. The SMILES string of the molecule is Cn1cc(/C=C(\NC(=O)c2ccccc2)C(=O)NCc2ccccc2)c2ccccc21. The Kier molecular flexibility index (Phi) is 5.94. The summed E-state index contributed by atoms with van der Waals surface area (Å²) in [6.07, 6.45) is 3.67. The molecule has 0 aliphatic carbocycles. The molecule has 2 N–H and O–H groups in total. The zero-order chi connectivity index (χ0) is 21.6. The number of aryl methyl sites for hydroxylation is 1. The summed E-state index contributed by atoms with van der Waals surface area (Å²) in [5, 5.41) is 6.70. The Morgan fingerprint density at radius 3 is 2.26 bits per heavy atom. The van der Waals surface area contributed by atoms with E-state index in [-0.39, 0.29) is 17.5 Å². The maximum absolute atomic E-state index is 13.0. The van der Waals surface area contributed by atoms with Crippen molar-refractivity contribution in [1.29, 1.82) is 0 Å². The number of aromatic nitrogens is 1. The molecule has 4 rings (SSSR count). The topological polar surface area (TPSA) is 63.1 Å². The van der Waals surface area contributed by atoms with Crippen LogP contribution in [0.1, 0.15) is 21.5 Å². The van der Waals surface area contributed by atoms with Crippen molar-refractivity contribution in [3.63, 3.8) is 0 Å². The summed E-state index contributed by atoms with van der Waals surface area (Å²) in [7, 11) is 1.96. The number of carbonyl (C=O) groups is 2. The molecule has 154 valence electrons. The van der Waals surface area contributed by atoms with Gasteiger partial charge in [-0.3, -0.25) is 9.59 Å². The molecule has 0 aliphatic heterocycles. The lowest BCUT2D eigenvalue weighted by Gasteiger charge is -2.11. The lowest BCUT2D eigenvalue weighted by Crippen LogP contribution is -2.34. The van der Waals surface area contributed by atoms with Gasteiger partial charge in [-0.15, -0.1) is 0 Å². The smallest absolute Gasteiger partial charge is 0.268 e. The van der Waals surface area contributed by atoms with E-state index < -0.39 is 0 Å². The van der Waals surface area contributed by atoms with E-state index in [1.54, 1.807) is 30.3 Å². The van der Waals surface area contributed by atoms with Crippen molar-refractivity contribution in [2.45, 2.75) is 6.54 Å². The Balaban J connectivity index is 1.65. The second kappa shape index (κ2) is 9.13. The number of hydrogen-bond acceptors (Lipinski definition) is 2. The molecule has 0 saturated carbocycles. The van der Waals surface area contributed by atoms with Crippen LogP contribution in [0.15, 0.2) is 96.8 Å². The molecule has 31 heavy (non-hydrogen) atoms. The van der Waals surface area contributed by atoms with Gasteiger partial charge in [-0.2, -0.15) is 0 Å². The minimum absolute atomic E-state index is 0.195. The van der Waals surface area contributed by atoms with Crippen molar-refractivity contribution < 1.29 is 9.59 Å². The number of nitrogens with one attached hydrogen (secondary N) is 2. The van der Waals surface area contributed by atoms with E-state index in [4.69, 9.17) is 0 Å². The highest BCUT2D eigenvalue weighted by Crippen LogP contribution is 2.22. The van der Waals surface area contributed by atoms with Gasteiger partial charge >= 0.3 is 0 Å². The molecule has 0 unspecified atom stereocenters. The third-order valence-corrected chi connectivity index (χ3v) is 5.05. The summed E-state index contributed by atoms with van der Waals surface area (Å²) >= 11 is 0. The highest BCUT2D eigenvalue weighted by atomic mass is 16.2. The molecule has 1 aromatic heterocycles. The van der Waals surface area contributed by atoms with Gasteiger partial charge in [-0.1, -0.05) is 66.7 Å². The zero-order valence-electron chi connectivity index (χ0n) is 17.2. The summed E-state index contributed by atoms with van der Waals surface area (Å²) < 4.78 is 2.00. The van der Waals surface area contributed by atoms with Crippen molar-refractivity contribution in [3.05, 3.63) is 114 Å². The molecule has 0 bridgehead atoms. The number of amides is 2. The number of fused-ring (bicyclic) bond motifs is 1. The van der Waals surface area contributed by atoms with Gasteiger partial charge < -0.3 is 15.2 Å². The largest absolute Gasteiger partial charge is 0.350 e. The Morgan fingerprint density at radius 2 is 1.52 bits per heavy atom. The minimum Gasteiger partial charge on any atom is -0.350 e. The van der Waals surface area contributed by atoms with Crippen molar-refractivity contribution in [2.75, 3.05) is 0 Å². The van der Waals surface area contributed by atoms with Crippen LogP contribution >= 0.6 is 0 Å². The molecular formula is C26H23N3O2. The Bertz CT molecular complexity index is 1240. The fourth-order valence-corrected chi connectivity index (χ4v) is 3.46. The van der Waals surface area contributed by atoms with Crippen LogP contribution in [-0.2, 0) is 18.4 Å². The summed E-state index contributed by atoms with van der Waals surface area (Å²) in [4.78, 5) is 25.8. The molecule has 5 nitrogen and oxygen atoms in total. The highest BCUT2D eigenvalue weighted by molar-refractivity contribution is 6.06. The first-order chi connectivity index (χ1) is 15.1. The number of nitrogens with zero attached hydrogens (tertiary/aromatic N) is 1. The van der Waals surface area contributed by atoms with Crippen LogP contribution in [-0.4, -0.2) is 16.4 Å². The van der Waals surface area contributed by atoms with Crippen LogP contribution in [0.2, 0.25) is 0 Å². The molecular weight excluding hydrogens is 386 g/mol. The summed E-state index contributed by atoms with van der Waals surface area (Å²) in [5.41, 5.74) is 3.57. The van der Waals surface area contributed by atoms with E-state index >= 15 is 0 Å². The third kappa shape index (κ3) is 4.73. The van der Waals surface area contributed by atoms with Crippen LogP contribution < -0.4 is 10.6 Å². The number of para-hydroxylation sites is 1. The number of rotatable bonds is 6. The maximum Gasteiger partial charge on any atom is 0.268 e. The number of benzene rings is 3. The average Bonchev–Trinajstić information content (AvgIpc) is 3.13. The van der Waals surface area contributed by atoms with Gasteiger partial charge in [0, 0.05) is 41.8 Å². The first-order valence-corrected chi connectivity index (χ1v) is 10.1. The third-order valence-electron chi connectivity index (χ3n) is 5.05.